The van der Waals surface area contributed by atoms with Crippen molar-refractivity contribution in [3.05, 3.63) is 101 Å². The number of nitrogens with zero attached hydrogens (tertiary/aromatic N) is 4. The van der Waals surface area contributed by atoms with Crippen LogP contribution in [0.3, 0.4) is 0 Å². The average Bonchev–Trinajstić information content (AvgIpc) is 3.46. The molecule has 0 spiro atoms. The van der Waals surface area contributed by atoms with Gasteiger partial charge in [-0.15, -0.1) is 10.2 Å². The summed E-state index contributed by atoms with van der Waals surface area (Å²) in [6, 6.07) is 20.5. The second kappa shape index (κ2) is 15.3. The fourth-order valence-corrected chi connectivity index (χ4v) is 7.10. The Bertz CT molecular complexity index is 1620. The maximum Gasteiger partial charge on any atom is 0.253 e. The number of hydrogen-bond donors (Lipinski definition) is 1. The topological polar surface area (TPSA) is 107 Å². The number of carbonyl (C=O) groups excluding carboxylic acids is 1. The lowest BCUT2D eigenvalue weighted by Gasteiger charge is -2.45. The molecule has 0 radical (unpaired) electrons. The summed E-state index contributed by atoms with van der Waals surface area (Å²) in [5.74, 6) is 1.13. The summed E-state index contributed by atoms with van der Waals surface area (Å²) < 4.78 is 12.7. The molecule has 4 rings (SSSR count). The van der Waals surface area contributed by atoms with Crippen LogP contribution in [0.25, 0.3) is 11.5 Å². The largest absolute Gasteiger partial charge is 0.421 e. The number of hydrogen-bond acceptors (Lipinski definition) is 7. The second-order valence-corrected chi connectivity index (χ2v) is 20.5. The first-order valence-corrected chi connectivity index (χ1v) is 19.9. The van der Waals surface area contributed by atoms with Gasteiger partial charge in [0, 0.05) is 44.5 Å². The maximum atomic E-state index is 13.3. The van der Waals surface area contributed by atoms with E-state index in [0.717, 1.165) is 36.0 Å². The van der Waals surface area contributed by atoms with Crippen molar-refractivity contribution in [2.24, 2.45) is 17.1 Å². The molecule has 0 saturated heterocycles. The molecule has 0 aliphatic rings. The fraction of sp³-hybridized carbons (Fsp3) is 0.487. The van der Waals surface area contributed by atoms with E-state index in [1.165, 1.54) is 5.56 Å². The molecular formula is C39H55N5O3Si. The van der Waals surface area contributed by atoms with Crippen LogP contribution in [0, 0.1) is 18.3 Å². The van der Waals surface area contributed by atoms with Crippen molar-refractivity contribution in [2.75, 3.05) is 7.05 Å². The molecule has 2 heterocycles. The number of nitrogens with two attached hydrogens (primary N) is 1. The molecule has 1 amide bonds. The van der Waals surface area contributed by atoms with E-state index < -0.39 is 8.32 Å². The molecule has 0 aliphatic carbocycles. The van der Waals surface area contributed by atoms with E-state index in [1.54, 1.807) is 31.3 Å². The first kappa shape index (κ1) is 37.2. The molecule has 258 valence electrons. The highest BCUT2D eigenvalue weighted by molar-refractivity contribution is 6.74. The van der Waals surface area contributed by atoms with Gasteiger partial charge in [-0.05, 0) is 83.6 Å². The smallest absolute Gasteiger partial charge is 0.253 e. The molecule has 0 fully saturated rings. The molecule has 2 aromatic heterocycles. The summed E-state index contributed by atoms with van der Waals surface area (Å²) in [7, 11) is -0.254. The van der Waals surface area contributed by atoms with E-state index in [-0.39, 0.29) is 28.5 Å². The minimum atomic E-state index is -2.04. The Morgan fingerprint density at radius 2 is 1.60 bits per heavy atom. The van der Waals surface area contributed by atoms with Crippen LogP contribution in [0.5, 0.6) is 0 Å². The van der Waals surface area contributed by atoms with Crippen molar-refractivity contribution in [1.82, 2.24) is 20.1 Å². The van der Waals surface area contributed by atoms with Gasteiger partial charge in [-0.2, -0.15) is 0 Å². The summed E-state index contributed by atoms with van der Waals surface area (Å²) in [6.45, 7) is 20.7. The van der Waals surface area contributed by atoms with Crippen LogP contribution in [0.1, 0.15) is 93.4 Å². The summed E-state index contributed by atoms with van der Waals surface area (Å²) in [5, 5.41) is 8.07. The van der Waals surface area contributed by atoms with Crippen LogP contribution >= 0.6 is 0 Å². The van der Waals surface area contributed by atoms with Gasteiger partial charge < -0.3 is 19.5 Å². The zero-order chi connectivity index (χ0) is 35.3. The molecule has 0 bridgehead atoms. The molecule has 3 atom stereocenters. The quantitative estimate of drug-likeness (QED) is 0.142. The van der Waals surface area contributed by atoms with E-state index in [2.05, 4.69) is 100 Å². The normalized spacial score (nSPS) is 14.4. The highest BCUT2D eigenvalue weighted by Crippen LogP contribution is 2.47. The minimum Gasteiger partial charge on any atom is -0.421 e. The van der Waals surface area contributed by atoms with Crippen LogP contribution in [-0.4, -0.2) is 47.4 Å². The van der Waals surface area contributed by atoms with Crippen LogP contribution in [0.15, 0.2) is 77.5 Å². The minimum absolute atomic E-state index is 0.00263. The summed E-state index contributed by atoms with van der Waals surface area (Å²) in [6.07, 6.45) is 6.01. The first-order valence-electron chi connectivity index (χ1n) is 17.0. The zero-order valence-electron chi connectivity index (χ0n) is 30.6. The molecule has 8 nitrogen and oxygen atoms in total. The van der Waals surface area contributed by atoms with Gasteiger partial charge in [0.1, 0.15) is 0 Å². The van der Waals surface area contributed by atoms with Gasteiger partial charge in [0.25, 0.3) is 5.91 Å². The third-order valence-electron chi connectivity index (χ3n) is 9.72. The maximum absolute atomic E-state index is 13.3. The molecule has 2 aromatic carbocycles. The van der Waals surface area contributed by atoms with Gasteiger partial charge in [0.2, 0.25) is 11.8 Å². The lowest BCUT2D eigenvalue weighted by molar-refractivity contribution is 0.0421. The summed E-state index contributed by atoms with van der Waals surface area (Å²) >= 11 is 0. The highest BCUT2D eigenvalue weighted by Gasteiger charge is 2.43. The van der Waals surface area contributed by atoms with E-state index in [4.69, 9.17) is 14.6 Å². The van der Waals surface area contributed by atoms with Gasteiger partial charge >= 0.3 is 0 Å². The number of amides is 1. The molecule has 9 heteroatoms. The van der Waals surface area contributed by atoms with Crippen molar-refractivity contribution < 1.29 is 13.6 Å². The molecule has 2 N–H and O–H groups in total. The Morgan fingerprint density at radius 1 is 0.938 bits per heavy atom. The van der Waals surface area contributed by atoms with E-state index in [0.29, 0.717) is 29.8 Å². The van der Waals surface area contributed by atoms with Gasteiger partial charge in [-0.25, -0.2) is 0 Å². The second-order valence-electron chi connectivity index (χ2n) is 15.8. The molecule has 0 saturated carbocycles. The van der Waals surface area contributed by atoms with Gasteiger partial charge in [0.05, 0.1) is 11.7 Å². The van der Waals surface area contributed by atoms with E-state index in [1.807, 2.05) is 30.3 Å². The lowest BCUT2D eigenvalue weighted by atomic mass is 9.72. The van der Waals surface area contributed by atoms with Gasteiger partial charge in [-0.3, -0.25) is 9.78 Å². The summed E-state index contributed by atoms with van der Waals surface area (Å²) in [4.78, 5) is 19.3. The van der Waals surface area contributed by atoms with Crippen LogP contribution in [0.2, 0.25) is 18.1 Å². The Morgan fingerprint density at radius 3 is 2.19 bits per heavy atom. The SMILES string of the molecule is Cc1nnc(-c2cncc(CN(C)C(=O)c3ccc(C[C@@H](N)CCC([C@H](O[Si](C)(C)C(C)(C)C)c4ccccc4)C(C)(C)C)cc3)c2)o1. The number of carbonyl (C=O) groups is 1. The Kier molecular flexibility index (Phi) is 11.8. The fourth-order valence-electron chi connectivity index (χ4n) is 5.81. The number of aromatic nitrogens is 3. The predicted octanol–water partition coefficient (Wildman–Crippen LogP) is 8.79. The van der Waals surface area contributed by atoms with Gasteiger partial charge in [-0.1, -0.05) is 84.0 Å². The third kappa shape index (κ3) is 9.71. The van der Waals surface area contributed by atoms with Crippen molar-refractivity contribution in [3.8, 4) is 11.5 Å². The van der Waals surface area contributed by atoms with Crippen LogP contribution in [-0.2, 0) is 17.4 Å². The Balaban J connectivity index is 1.39. The number of aryl methyl sites for hydroxylation is 1. The Hall–Kier alpha value is -3.66. The highest BCUT2D eigenvalue weighted by atomic mass is 28.4. The molecule has 0 aliphatic heterocycles. The number of pyridine rings is 1. The van der Waals surface area contributed by atoms with Gasteiger partial charge in [0.15, 0.2) is 8.32 Å². The third-order valence-corrected chi connectivity index (χ3v) is 14.2. The van der Waals surface area contributed by atoms with Crippen molar-refractivity contribution in [2.45, 2.75) is 105 Å². The van der Waals surface area contributed by atoms with Crippen molar-refractivity contribution in [1.29, 1.82) is 0 Å². The standard InChI is InChI=1S/C39H55N5O3Si/c1-27-42-43-36(46-27)32-22-29(24-41-25-32)26-44(8)37(45)31-18-16-28(17-19-31)23-33(40)20-21-34(38(2,3)4)35(30-14-12-11-13-15-30)47-48(9,10)39(5,6)7/h11-19,22,24-25,33-35H,20-21,23,26,40H2,1-10H3/t33-,34?,35+/m0/s1. The summed E-state index contributed by atoms with van der Waals surface area (Å²) in [5.41, 5.74) is 11.4. The first-order chi connectivity index (χ1) is 22.4. The van der Waals surface area contributed by atoms with E-state index >= 15 is 0 Å². The molecule has 1 unspecified atom stereocenters. The monoisotopic (exact) mass is 669 g/mol. The predicted molar refractivity (Wildman–Crippen MR) is 196 cm³/mol. The number of benzene rings is 2. The molecular weight excluding hydrogens is 615 g/mol. The Labute approximate surface area is 288 Å². The van der Waals surface area contributed by atoms with Crippen LogP contribution in [0.4, 0.5) is 0 Å². The van der Waals surface area contributed by atoms with Crippen molar-refractivity contribution >= 4 is 14.2 Å². The molecule has 48 heavy (non-hydrogen) atoms. The van der Waals surface area contributed by atoms with Crippen LogP contribution < -0.4 is 5.73 Å². The molecule has 4 aromatic rings. The number of rotatable bonds is 13. The zero-order valence-corrected chi connectivity index (χ0v) is 31.6. The lowest BCUT2D eigenvalue weighted by Crippen LogP contribution is -2.44. The van der Waals surface area contributed by atoms with E-state index in [9.17, 15) is 4.79 Å². The average molecular weight is 670 g/mol. The van der Waals surface area contributed by atoms with Crippen molar-refractivity contribution in [3.63, 3.8) is 0 Å².